The van der Waals surface area contributed by atoms with Crippen LogP contribution >= 0.6 is 0 Å². The zero-order valence-electron chi connectivity index (χ0n) is 11.4. The van der Waals surface area contributed by atoms with Crippen molar-refractivity contribution in [2.75, 3.05) is 6.26 Å². The summed E-state index contributed by atoms with van der Waals surface area (Å²) in [6.45, 7) is 9.08. The minimum Gasteiger partial charge on any atom is -0.459 e. The van der Waals surface area contributed by atoms with E-state index in [0.29, 0.717) is 6.42 Å². The Morgan fingerprint density at radius 2 is 1.76 bits per heavy atom. The molecule has 5 nitrogen and oxygen atoms in total. The fraction of sp³-hybridized carbons (Fsp3) is 0.909. The number of hydrogen-bond acceptors (Lipinski definition) is 4. The van der Waals surface area contributed by atoms with Crippen molar-refractivity contribution in [2.45, 2.75) is 52.7 Å². The number of ether oxygens (including phenoxy) is 1. The van der Waals surface area contributed by atoms with Crippen LogP contribution in [0, 0.1) is 5.92 Å². The van der Waals surface area contributed by atoms with Gasteiger partial charge in [-0.1, -0.05) is 13.8 Å². The van der Waals surface area contributed by atoms with Crippen LogP contribution in [0.1, 0.15) is 41.0 Å². The fourth-order valence-corrected chi connectivity index (χ4v) is 2.00. The molecule has 0 aliphatic heterocycles. The van der Waals surface area contributed by atoms with Crippen LogP contribution in [-0.4, -0.2) is 32.3 Å². The summed E-state index contributed by atoms with van der Waals surface area (Å²) >= 11 is 0. The summed E-state index contributed by atoms with van der Waals surface area (Å²) in [5, 5.41) is 0. The van der Waals surface area contributed by atoms with E-state index >= 15 is 0 Å². The number of sulfonamides is 1. The summed E-state index contributed by atoms with van der Waals surface area (Å²) < 4.78 is 29.8. The Morgan fingerprint density at radius 3 is 2.06 bits per heavy atom. The van der Waals surface area contributed by atoms with Crippen molar-refractivity contribution >= 4 is 16.0 Å². The monoisotopic (exact) mass is 265 g/mol. The van der Waals surface area contributed by atoms with Gasteiger partial charge in [-0.05, 0) is 33.1 Å². The molecule has 0 aromatic heterocycles. The van der Waals surface area contributed by atoms with Crippen LogP contribution in [0.15, 0.2) is 0 Å². The molecule has 1 N–H and O–H groups in total. The van der Waals surface area contributed by atoms with Crippen LogP contribution in [0.4, 0.5) is 0 Å². The predicted octanol–water partition coefficient (Wildman–Crippen LogP) is 1.29. The molecule has 1 unspecified atom stereocenters. The van der Waals surface area contributed by atoms with Crippen LogP contribution in [0.2, 0.25) is 0 Å². The van der Waals surface area contributed by atoms with Crippen LogP contribution in [0.3, 0.4) is 0 Å². The van der Waals surface area contributed by atoms with Gasteiger partial charge in [-0.3, -0.25) is 4.79 Å². The van der Waals surface area contributed by atoms with E-state index in [-0.39, 0.29) is 5.92 Å². The van der Waals surface area contributed by atoms with E-state index in [4.69, 9.17) is 4.74 Å². The second-order valence-corrected chi connectivity index (χ2v) is 7.39. The van der Waals surface area contributed by atoms with E-state index in [1.54, 1.807) is 20.8 Å². The van der Waals surface area contributed by atoms with Crippen molar-refractivity contribution in [3.8, 4) is 0 Å². The average Bonchev–Trinajstić information content (AvgIpc) is 1.95. The number of esters is 1. The van der Waals surface area contributed by atoms with E-state index in [1.165, 1.54) is 0 Å². The first kappa shape index (κ1) is 16.4. The summed E-state index contributed by atoms with van der Waals surface area (Å²) in [5.74, 6) is -0.335. The van der Waals surface area contributed by atoms with Crippen molar-refractivity contribution in [3.05, 3.63) is 0 Å². The summed E-state index contributed by atoms with van der Waals surface area (Å²) in [5.41, 5.74) is -0.620. The molecule has 0 saturated carbocycles. The van der Waals surface area contributed by atoms with E-state index in [9.17, 15) is 13.2 Å². The third kappa shape index (κ3) is 9.12. The molecule has 0 bridgehead atoms. The van der Waals surface area contributed by atoms with Gasteiger partial charge in [0.2, 0.25) is 10.0 Å². The van der Waals surface area contributed by atoms with E-state index in [0.717, 1.165) is 6.26 Å². The van der Waals surface area contributed by atoms with E-state index in [2.05, 4.69) is 4.72 Å². The number of nitrogens with one attached hydrogen (secondary N) is 1. The Hall–Kier alpha value is -0.620. The maximum absolute atomic E-state index is 11.8. The highest BCUT2D eigenvalue weighted by Crippen LogP contribution is 2.13. The second kappa shape index (κ2) is 5.82. The standard InChI is InChI=1S/C11H23NO4S/c1-8(2)7-9(12-17(6,14)15)10(13)16-11(3,4)5/h8-9,12H,7H2,1-6H3. The second-order valence-electron chi connectivity index (χ2n) is 5.61. The zero-order chi connectivity index (χ0) is 13.9. The molecule has 0 aromatic rings. The molecule has 1 atom stereocenters. The van der Waals surface area contributed by atoms with Crippen LogP contribution in [0.5, 0.6) is 0 Å². The topological polar surface area (TPSA) is 72.5 Å². The van der Waals surface area contributed by atoms with Gasteiger partial charge in [-0.2, -0.15) is 0 Å². The SMILES string of the molecule is CC(C)CC(NS(C)(=O)=O)C(=O)OC(C)(C)C. The van der Waals surface area contributed by atoms with E-state index in [1.807, 2.05) is 13.8 Å². The normalized spacial score (nSPS) is 14.8. The van der Waals surface area contributed by atoms with Crippen molar-refractivity contribution in [2.24, 2.45) is 5.92 Å². The molecule has 17 heavy (non-hydrogen) atoms. The van der Waals surface area contributed by atoms with E-state index < -0.39 is 27.6 Å². The summed E-state index contributed by atoms with van der Waals surface area (Å²) in [6, 6.07) is -0.816. The maximum Gasteiger partial charge on any atom is 0.324 e. The maximum atomic E-state index is 11.8. The highest BCUT2D eigenvalue weighted by molar-refractivity contribution is 7.88. The lowest BCUT2D eigenvalue weighted by Gasteiger charge is -2.24. The lowest BCUT2D eigenvalue weighted by Crippen LogP contribution is -2.44. The lowest BCUT2D eigenvalue weighted by atomic mass is 10.0. The summed E-state index contributed by atoms with van der Waals surface area (Å²) in [7, 11) is -3.42. The molecule has 0 radical (unpaired) electrons. The molecular weight excluding hydrogens is 242 g/mol. The Bertz CT molecular complexity index is 354. The van der Waals surface area contributed by atoms with Crippen LogP contribution < -0.4 is 4.72 Å². The van der Waals surface area contributed by atoms with Crippen molar-refractivity contribution < 1.29 is 17.9 Å². The van der Waals surface area contributed by atoms with Gasteiger partial charge in [0.15, 0.2) is 0 Å². The van der Waals surface area contributed by atoms with Gasteiger partial charge >= 0.3 is 5.97 Å². The first-order valence-corrected chi connectivity index (χ1v) is 7.50. The average molecular weight is 265 g/mol. The number of hydrogen-bond donors (Lipinski definition) is 1. The Morgan fingerprint density at radius 1 is 1.29 bits per heavy atom. The van der Waals surface area contributed by atoms with Gasteiger partial charge in [0, 0.05) is 0 Å². The molecule has 0 amide bonds. The highest BCUT2D eigenvalue weighted by Gasteiger charge is 2.28. The molecule has 0 fully saturated rings. The minimum atomic E-state index is -3.42. The quantitative estimate of drug-likeness (QED) is 0.760. The Balaban J connectivity index is 4.75. The van der Waals surface area contributed by atoms with Crippen molar-refractivity contribution in [1.82, 2.24) is 4.72 Å². The first-order chi connectivity index (χ1) is 7.41. The summed E-state index contributed by atoms with van der Waals surface area (Å²) in [6.07, 6.45) is 1.45. The molecule has 0 aliphatic rings. The summed E-state index contributed by atoms with van der Waals surface area (Å²) in [4.78, 5) is 11.8. The molecule has 0 spiro atoms. The number of carbonyl (C=O) groups is 1. The van der Waals surface area contributed by atoms with Gasteiger partial charge in [-0.15, -0.1) is 0 Å². The molecular formula is C11H23NO4S. The first-order valence-electron chi connectivity index (χ1n) is 5.61. The molecule has 0 heterocycles. The number of rotatable bonds is 5. The molecule has 6 heteroatoms. The largest absolute Gasteiger partial charge is 0.459 e. The lowest BCUT2D eigenvalue weighted by molar-refractivity contribution is -0.157. The van der Waals surface area contributed by atoms with Gasteiger partial charge in [0.05, 0.1) is 6.26 Å². The minimum absolute atomic E-state index is 0.196. The third-order valence-corrected chi connectivity index (χ3v) is 2.47. The molecule has 0 aliphatic carbocycles. The predicted molar refractivity (Wildman–Crippen MR) is 67.1 cm³/mol. The van der Waals surface area contributed by atoms with Crippen molar-refractivity contribution in [1.29, 1.82) is 0 Å². The smallest absolute Gasteiger partial charge is 0.324 e. The zero-order valence-corrected chi connectivity index (χ0v) is 12.2. The molecule has 0 aromatic carbocycles. The Labute approximate surface area is 104 Å². The van der Waals surface area contributed by atoms with Crippen LogP contribution in [0.25, 0.3) is 0 Å². The van der Waals surface area contributed by atoms with Gasteiger partial charge < -0.3 is 4.74 Å². The molecule has 0 rings (SSSR count). The van der Waals surface area contributed by atoms with Crippen LogP contribution in [-0.2, 0) is 19.6 Å². The molecule has 0 saturated heterocycles. The molecule has 102 valence electrons. The van der Waals surface area contributed by atoms with Gasteiger partial charge in [0.25, 0.3) is 0 Å². The van der Waals surface area contributed by atoms with Gasteiger partial charge in [-0.25, -0.2) is 13.1 Å². The van der Waals surface area contributed by atoms with Crippen molar-refractivity contribution in [3.63, 3.8) is 0 Å². The number of carbonyl (C=O) groups excluding carboxylic acids is 1. The third-order valence-electron chi connectivity index (χ3n) is 1.75. The fourth-order valence-electron chi connectivity index (χ4n) is 1.30. The van der Waals surface area contributed by atoms with Gasteiger partial charge in [0.1, 0.15) is 11.6 Å². The Kier molecular flexibility index (Phi) is 5.61. The highest BCUT2D eigenvalue weighted by atomic mass is 32.2.